The fourth-order valence-corrected chi connectivity index (χ4v) is 3.37. The third-order valence-electron chi connectivity index (χ3n) is 4.60. The molecule has 1 aliphatic rings. The largest absolute Gasteiger partial charge is 0.425 e. The summed E-state index contributed by atoms with van der Waals surface area (Å²) in [5, 5.41) is 14.6. The number of aryl methyl sites for hydroxylation is 2. The highest BCUT2D eigenvalue weighted by Crippen LogP contribution is 2.26. The van der Waals surface area contributed by atoms with Gasteiger partial charge in [0.2, 0.25) is 0 Å². The quantitative estimate of drug-likeness (QED) is 0.593. The molecule has 3 aromatic rings. The van der Waals surface area contributed by atoms with Crippen molar-refractivity contribution in [3.05, 3.63) is 64.1 Å². The number of rotatable bonds is 3. The first-order valence-electron chi connectivity index (χ1n) is 8.09. The average molecular weight is 323 g/mol. The van der Waals surface area contributed by atoms with Gasteiger partial charge in [-0.2, -0.15) is 0 Å². The minimum absolute atomic E-state index is 0.222. The van der Waals surface area contributed by atoms with E-state index in [-0.39, 0.29) is 5.95 Å². The maximum atomic E-state index is 12.4. The Balaban J connectivity index is 1.80. The summed E-state index contributed by atoms with van der Waals surface area (Å²) in [6.45, 7) is 0.546. The Morgan fingerprint density at radius 1 is 1.21 bits per heavy atom. The average Bonchev–Trinajstić information content (AvgIpc) is 3.05. The molecule has 0 bridgehead atoms. The van der Waals surface area contributed by atoms with Gasteiger partial charge in [0.1, 0.15) is 0 Å². The van der Waals surface area contributed by atoms with E-state index in [0.29, 0.717) is 22.1 Å². The van der Waals surface area contributed by atoms with E-state index < -0.39 is 0 Å². The van der Waals surface area contributed by atoms with Gasteiger partial charge in [-0.15, -0.1) is 4.73 Å². The first-order valence-corrected chi connectivity index (χ1v) is 8.09. The Labute approximate surface area is 139 Å². The molecule has 2 aromatic carbocycles. The Morgan fingerprint density at radius 2 is 1.92 bits per heavy atom. The molecule has 0 amide bonds. The normalized spacial score (nSPS) is 13.2. The van der Waals surface area contributed by atoms with E-state index >= 15 is 0 Å². The van der Waals surface area contributed by atoms with Gasteiger partial charge in [0.05, 0.1) is 10.0 Å². The summed E-state index contributed by atoms with van der Waals surface area (Å²) in [5.41, 5.74) is 4.35. The van der Waals surface area contributed by atoms with E-state index in [1.54, 1.807) is 11.9 Å². The van der Waals surface area contributed by atoms with Gasteiger partial charge in [0.25, 0.3) is 0 Å². The lowest BCUT2D eigenvalue weighted by Crippen LogP contribution is -2.31. The van der Waals surface area contributed by atoms with Gasteiger partial charge in [-0.25, -0.2) is 0 Å². The van der Waals surface area contributed by atoms with Gasteiger partial charge in [-0.05, 0) is 42.0 Å². The highest BCUT2D eigenvalue weighted by Gasteiger charge is 2.24. The van der Waals surface area contributed by atoms with Crippen molar-refractivity contribution in [2.45, 2.75) is 25.8 Å². The molecule has 24 heavy (non-hydrogen) atoms. The highest BCUT2D eigenvalue weighted by molar-refractivity contribution is 5.75. The first kappa shape index (κ1) is 14.7. The summed E-state index contributed by atoms with van der Waals surface area (Å²) >= 11 is 0. The number of benzene rings is 2. The van der Waals surface area contributed by atoms with Crippen LogP contribution in [0.3, 0.4) is 0 Å². The van der Waals surface area contributed by atoms with Crippen LogP contribution in [0.4, 0.5) is 5.95 Å². The number of anilines is 1. The zero-order chi connectivity index (χ0) is 16.7. The first-order chi connectivity index (χ1) is 11.6. The summed E-state index contributed by atoms with van der Waals surface area (Å²) in [6.07, 6.45) is 3.05. The van der Waals surface area contributed by atoms with E-state index in [0.717, 1.165) is 29.6 Å². The van der Waals surface area contributed by atoms with Crippen molar-refractivity contribution < 1.29 is 9.75 Å². The number of nitrogens with zero attached hydrogens (tertiary/aromatic N) is 4. The Bertz CT molecular complexity index is 966. The van der Waals surface area contributed by atoms with Crippen LogP contribution in [0.15, 0.2) is 42.5 Å². The van der Waals surface area contributed by atoms with Gasteiger partial charge in [0.15, 0.2) is 10.1 Å². The van der Waals surface area contributed by atoms with Crippen molar-refractivity contribution in [1.29, 1.82) is 0 Å². The van der Waals surface area contributed by atoms with Gasteiger partial charge in [0, 0.05) is 19.7 Å². The number of hydrogen-bond donors (Lipinski definition) is 1. The second kappa shape index (κ2) is 5.63. The van der Waals surface area contributed by atoms with Crippen molar-refractivity contribution in [1.82, 2.24) is 9.83 Å². The molecule has 6 heteroatoms. The maximum absolute atomic E-state index is 12.4. The fraction of sp³-hybridized carbons (Fsp3) is 0.278. The van der Waals surface area contributed by atoms with E-state index in [1.165, 1.54) is 11.1 Å². The Morgan fingerprint density at radius 3 is 2.67 bits per heavy atom. The van der Waals surface area contributed by atoms with Crippen molar-refractivity contribution >= 4 is 17.0 Å². The second-order valence-corrected chi connectivity index (χ2v) is 6.29. The molecule has 1 aromatic heterocycles. The summed E-state index contributed by atoms with van der Waals surface area (Å²) in [4.78, 5) is 14.1. The van der Waals surface area contributed by atoms with Crippen LogP contribution in [0.25, 0.3) is 11.0 Å². The Kier molecular flexibility index (Phi) is 3.45. The van der Waals surface area contributed by atoms with Crippen LogP contribution >= 0.6 is 0 Å². The number of hydrogen-bond acceptors (Lipinski definition) is 4. The van der Waals surface area contributed by atoms with Crippen LogP contribution in [-0.4, -0.2) is 22.1 Å². The molecule has 0 saturated heterocycles. The predicted molar refractivity (Wildman–Crippen MR) is 90.9 cm³/mol. The molecule has 0 unspecified atom stereocenters. The van der Waals surface area contributed by atoms with Crippen molar-refractivity contribution in [3.63, 3.8) is 0 Å². The van der Waals surface area contributed by atoms with Gasteiger partial charge in [-0.1, -0.05) is 30.3 Å². The van der Waals surface area contributed by atoms with Crippen LogP contribution in [0.2, 0.25) is 0 Å². The third kappa shape index (κ3) is 2.40. The Hall–Kier alpha value is -2.89. The zero-order valence-electron chi connectivity index (χ0n) is 13.5. The molecule has 0 saturated carbocycles. The zero-order valence-corrected chi connectivity index (χ0v) is 13.5. The molecule has 4 rings (SSSR count). The molecular weight excluding hydrogens is 304 g/mol. The molecule has 0 radical (unpaired) electrons. The highest BCUT2D eigenvalue weighted by atomic mass is 16.5. The molecule has 0 aliphatic heterocycles. The lowest BCUT2D eigenvalue weighted by Gasteiger charge is -2.17. The molecule has 6 nitrogen and oxygen atoms in total. The topological polar surface area (TPSA) is 64.3 Å². The van der Waals surface area contributed by atoms with Crippen LogP contribution in [0.1, 0.15) is 23.1 Å². The standard InChI is InChI=1S/C18H19N4O2/c1-20(12-13-6-3-2-4-7-13)18-19-22(24)17-11-15-9-5-8-14(15)10-16(17)21(18)23/h2-4,6-7,10-11,23H,5,8-9,12H2,1H3/q+1. The lowest BCUT2D eigenvalue weighted by atomic mass is 10.1. The van der Waals surface area contributed by atoms with Crippen LogP contribution < -0.4 is 9.44 Å². The minimum atomic E-state index is 0.222. The fourth-order valence-electron chi connectivity index (χ4n) is 3.37. The third-order valence-corrected chi connectivity index (χ3v) is 4.60. The summed E-state index contributed by atoms with van der Waals surface area (Å²) in [6, 6.07) is 13.6. The van der Waals surface area contributed by atoms with Gasteiger partial charge in [-0.3, -0.25) is 0 Å². The molecule has 0 fully saturated rings. The SMILES string of the molecule is CN(Cc1ccccc1)c1n[n+](=O)c2cc3c(cc2n1O)CCC3. The van der Waals surface area contributed by atoms with Crippen molar-refractivity contribution in [2.24, 2.45) is 0 Å². The minimum Gasteiger partial charge on any atom is -0.425 e. The molecule has 122 valence electrons. The molecular formula is C18H19N4O2+. The molecule has 1 N–H and O–H groups in total. The van der Waals surface area contributed by atoms with E-state index in [1.807, 2.05) is 42.5 Å². The van der Waals surface area contributed by atoms with E-state index in [9.17, 15) is 10.1 Å². The summed E-state index contributed by atoms with van der Waals surface area (Å²) < 4.78 is 1.63. The lowest BCUT2D eigenvalue weighted by molar-refractivity contribution is -0.536. The van der Waals surface area contributed by atoms with Crippen LogP contribution in [0, 0.1) is 4.91 Å². The number of fused-ring (bicyclic) bond motifs is 2. The van der Waals surface area contributed by atoms with Crippen LogP contribution in [0.5, 0.6) is 0 Å². The predicted octanol–water partition coefficient (Wildman–Crippen LogP) is 2.31. The monoisotopic (exact) mass is 323 g/mol. The summed E-state index contributed by atoms with van der Waals surface area (Å²) in [7, 11) is 1.81. The van der Waals surface area contributed by atoms with Gasteiger partial charge < -0.3 is 10.1 Å². The molecule has 1 heterocycles. The van der Waals surface area contributed by atoms with Crippen LogP contribution in [-0.2, 0) is 19.4 Å². The smallest absolute Gasteiger partial charge is 0.322 e. The molecule has 0 spiro atoms. The summed E-state index contributed by atoms with van der Waals surface area (Å²) in [5.74, 6) is 0.222. The second-order valence-electron chi connectivity index (χ2n) is 6.29. The maximum Gasteiger partial charge on any atom is 0.322 e. The van der Waals surface area contributed by atoms with E-state index in [4.69, 9.17) is 0 Å². The molecule has 1 aliphatic carbocycles. The number of aromatic nitrogens is 3. The molecule has 0 atom stereocenters. The van der Waals surface area contributed by atoms with Crippen molar-refractivity contribution in [3.8, 4) is 0 Å². The van der Waals surface area contributed by atoms with Gasteiger partial charge >= 0.3 is 11.5 Å². The van der Waals surface area contributed by atoms with E-state index in [2.05, 4.69) is 5.10 Å². The van der Waals surface area contributed by atoms with Crippen molar-refractivity contribution in [2.75, 3.05) is 11.9 Å².